The van der Waals surface area contributed by atoms with Crippen molar-refractivity contribution < 1.29 is 12.6 Å². The quantitative estimate of drug-likeness (QED) is 0.0579. The Hall–Kier alpha value is 0.950. The number of piperidine rings is 5. The first-order valence-corrected chi connectivity index (χ1v) is 41.2. The van der Waals surface area contributed by atoms with E-state index in [2.05, 4.69) is 150 Å². The van der Waals surface area contributed by atoms with E-state index in [1.54, 1.807) is 0 Å². The van der Waals surface area contributed by atoms with Crippen LogP contribution in [-0.4, -0.2) is 191 Å². The second-order valence-electron chi connectivity index (χ2n) is 26.5. The van der Waals surface area contributed by atoms with E-state index in [0.717, 1.165) is 74.2 Å². The molecule has 0 aromatic heterocycles. The van der Waals surface area contributed by atoms with E-state index >= 15 is 0 Å². The number of rotatable bonds is 34. The Balaban J connectivity index is 0.000000505. The molecule has 5 unspecified atom stereocenters. The van der Waals surface area contributed by atoms with Gasteiger partial charge in [0, 0.05) is 70.3 Å². The average Bonchev–Trinajstić information content (AvgIpc) is 3.45. The SMILES string of the molecule is CC(C)CCSCC(C)N1CCCCC1.CCCC(CS(=O)(=O)CCC(C)C)N1CCCCC1.CCCC(CS(=O)CCC(C)C)N1CCCCC1.CCCC(CSCCC(C)C)N1CCCCC1.CCSCCN1CCCCC1. The van der Waals surface area contributed by atoms with E-state index in [1.807, 2.05) is 0 Å². The van der Waals surface area contributed by atoms with Gasteiger partial charge in [-0.05, 0) is 222 Å². The van der Waals surface area contributed by atoms with Gasteiger partial charge < -0.3 is 4.90 Å². The molecule has 0 radical (unpaired) electrons. The summed E-state index contributed by atoms with van der Waals surface area (Å²) in [5.41, 5.74) is 0. The molecule has 480 valence electrons. The summed E-state index contributed by atoms with van der Waals surface area (Å²) in [7, 11) is -3.50. The molecular formula is C67H139N5O3S5. The first-order chi connectivity index (χ1) is 38.4. The Labute approximate surface area is 517 Å². The maximum absolute atomic E-state index is 12.2. The molecule has 8 nitrogen and oxygen atoms in total. The van der Waals surface area contributed by atoms with Crippen LogP contribution >= 0.6 is 35.3 Å². The molecule has 0 aromatic rings. The van der Waals surface area contributed by atoms with Crippen LogP contribution in [0.1, 0.15) is 251 Å². The molecule has 5 atom stereocenters. The predicted molar refractivity (Wildman–Crippen MR) is 370 cm³/mol. The van der Waals surface area contributed by atoms with Crippen LogP contribution in [0, 0.1) is 23.7 Å². The lowest BCUT2D eigenvalue weighted by molar-refractivity contribution is 0.167. The summed E-state index contributed by atoms with van der Waals surface area (Å²) in [6.07, 6.45) is 32.6. The van der Waals surface area contributed by atoms with Gasteiger partial charge in [-0.15, -0.1) is 0 Å². The molecule has 0 amide bonds. The second kappa shape index (κ2) is 51.9. The highest BCUT2D eigenvalue weighted by molar-refractivity contribution is 7.99. The molecule has 0 bridgehead atoms. The van der Waals surface area contributed by atoms with Crippen LogP contribution in [0.2, 0.25) is 0 Å². The first kappa shape index (κ1) is 79.0. The topological polar surface area (TPSA) is 67.4 Å². The fraction of sp³-hybridized carbons (Fsp3) is 1.00. The zero-order valence-electron chi connectivity index (χ0n) is 55.6. The van der Waals surface area contributed by atoms with Crippen LogP contribution in [0.4, 0.5) is 0 Å². The van der Waals surface area contributed by atoms with Gasteiger partial charge >= 0.3 is 0 Å². The highest BCUT2D eigenvalue weighted by Gasteiger charge is 2.26. The van der Waals surface area contributed by atoms with E-state index in [-0.39, 0.29) is 6.04 Å². The first-order valence-electron chi connectivity index (χ1n) is 34.4. The summed E-state index contributed by atoms with van der Waals surface area (Å²) in [6, 6.07) is 2.48. The lowest BCUT2D eigenvalue weighted by atomic mass is 10.1. The third kappa shape index (κ3) is 43.6. The van der Waals surface area contributed by atoms with Crippen molar-refractivity contribution >= 4 is 55.9 Å². The summed E-state index contributed by atoms with van der Waals surface area (Å²) in [6.45, 7) is 43.3. The van der Waals surface area contributed by atoms with Crippen LogP contribution in [0.15, 0.2) is 0 Å². The maximum atomic E-state index is 12.2. The summed E-state index contributed by atoms with van der Waals surface area (Å²) in [5.74, 6) is 13.4. The average molecular weight is 1220 g/mol. The molecule has 5 saturated heterocycles. The van der Waals surface area contributed by atoms with Crippen LogP contribution in [0.5, 0.6) is 0 Å². The molecule has 5 aliphatic heterocycles. The number of thioether (sulfide) groups is 3. The van der Waals surface area contributed by atoms with Gasteiger partial charge in [0.15, 0.2) is 9.84 Å². The fourth-order valence-electron chi connectivity index (χ4n) is 11.5. The van der Waals surface area contributed by atoms with Crippen LogP contribution in [0.25, 0.3) is 0 Å². The van der Waals surface area contributed by atoms with Gasteiger partial charge in [-0.3, -0.25) is 23.8 Å². The minimum absolute atomic E-state index is 0.252. The van der Waals surface area contributed by atoms with Crippen molar-refractivity contribution in [2.45, 2.75) is 275 Å². The van der Waals surface area contributed by atoms with Crippen LogP contribution in [0.3, 0.4) is 0 Å². The summed E-state index contributed by atoms with van der Waals surface area (Å²) >= 11 is 6.38. The number of nitrogens with zero attached hydrogens (tertiary/aromatic N) is 5. The lowest BCUT2D eigenvalue weighted by Crippen LogP contribution is -2.43. The zero-order valence-corrected chi connectivity index (χ0v) is 59.7. The van der Waals surface area contributed by atoms with Crippen molar-refractivity contribution in [1.29, 1.82) is 0 Å². The fourth-order valence-corrected chi connectivity index (χ4v) is 18.7. The molecule has 0 spiro atoms. The van der Waals surface area contributed by atoms with Crippen molar-refractivity contribution in [3.63, 3.8) is 0 Å². The van der Waals surface area contributed by atoms with Gasteiger partial charge in [0.2, 0.25) is 0 Å². The Morgan fingerprint density at radius 3 is 1.24 bits per heavy atom. The molecule has 5 fully saturated rings. The zero-order chi connectivity index (χ0) is 59.2. The Kier molecular flexibility index (Phi) is 51.3. The minimum atomic E-state index is -2.89. The van der Waals surface area contributed by atoms with Crippen molar-refractivity contribution in [3.05, 3.63) is 0 Å². The normalized spacial score (nSPS) is 20.4. The minimum Gasteiger partial charge on any atom is -0.303 e. The maximum Gasteiger partial charge on any atom is 0.151 e. The van der Waals surface area contributed by atoms with E-state index < -0.39 is 20.6 Å². The summed E-state index contributed by atoms with van der Waals surface area (Å²) < 4.78 is 36.6. The number of likely N-dealkylation sites (tertiary alicyclic amines) is 5. The third-order valence-corrected chi connectivity index (χ3v) is 23.4. The monoisotopic (exact) mass is 1220 g/mol. The van der Waals surface area contributed by atoms with Gasteiger partial charge in [-0.2, -0.15) is 35.3 Å². The molecule has 80 heavy (non-hydrogen) atoms. The van der Waals surface area contributed by atoms with E-state index in [4.69, 9.17) is 0 Å². The van der Waals surface area contributed by atoms with E-state index in [9.17, 15) is 12.6 Å². The van der Waals surface area contributed by atoms with E-state index in [0.29, 0.717) is 29.4 Å². The highest BCUT2D eigenvalue weighted by Crippen LogP contribution is 2.23. The summed E-state index contributed by atoms with van der Waals surface area (Å²) in [5, 5.41) is 0. The summed E-state index contributed by atoms with van der Waals surface area (Å²) in [4.78, 5) is 13.0. The van der Waals surface area contributed by atoms with Crippen LogP contribution < -0.4 is 0 Å². The van der Waals surface area contributed by atoms with Crippen LogP contribution in [-0.2, 0) is 20.6 Å². The Morgan fingerprint density at radius 2 is 0.800 bits per heavy atom. The van der Waals surface area contributed by atoms with Gasteiger partial charge in [0.05, 0.1) is 11.5 Å². The van der Waals surface area contributed by atoms with Crippen molar-refractivity contribution in [2.24, 2.45) is 23.7 Å². The highest BCUT2D eigenvalue weighted by atomic mass is 32.2. The standard InChI is InChI=1S/C15H31NO2S.C15H31NOS.C15H31NS.C13H27NS.C9H19NS/c1-4-8-15(16-10-6-5-7-11-16)13-19(17,18)12-9-14(2)3;1-4-8-15(16-10-6-5-7-11-16)13-18(17)12-9-14(2)3;1-4-8-15(13-17-12-9-14(2)3)16-10-6-5-7-11-16;1-12(2)7-10-15-11-13(3)14-8-5-4-6-9-14;1-2-11-9-8-10-6-4-3-5-7-10/h14-15H,4-13H2,1-3H3;14-15H,4-13H2,1-3H3;14-15H,4-13H2,1-3H3;12-13H,4-11H2,1-3H3;2-9H2,1H3. The number of sulfone groups is 1. The largest absolute Gasteiger partial charge is 0.303 e. The Morgan fingerprint density at radius 1 is 0.412 bits per heavy atom. The second-order valence-corrected chi connectivity index (χ2v) is 34.0. The molecule has 0 aliphatic carbocycles. The smallest absolute Gasteiger partial charge is 0.151 e. The van der Waals surface area contributed by atoms with Gasteiger partial charge in [-0.25, -0.2) is 8.42 Å². The van der Waals surface area contributed by atoms with Gasteiger partial charge in [0.1, 0.15) is 0 Å². The van der Waals surface area contributed by atoms with Crippen molar-refractivity contribution in [1.82, 2.24) is 24.5 Å². The molecule has 0 saturated carbocycles. The van der Waals surface area contributed by atoms with E-state index in [1.165, 1.54) is 228 Å². The Bertz CT molecular complexity index is 1480. The molecular weight excluding hydrogens is 1080 g/mol. The molecule has 5 aliphatic rings. The molecule has 5 rings (SSSR count). The molecule has 0 N–H and O–H groups in total. The molecule has 5 heterocycles. The number of hydrogen-bond donors (Lipinski definition) is 0. The predicted octanol–water partition coefficient (Wildman–Crippen LogP) is 16.8. The van der Waals surface area contributed by atoms with Gasteiger partial charge in [0.25, 0.3) is 0 Å². The molecule has 13 heteroatoms. The van der Waals surface area contributed by atoms with Gasteiger partial charge in [-0.1, -0.05) is 134 Å². The van der Waals surface area contributed by atoms with Crippen molar-refractivity contribution in [3.8, 4) is 0 Å². The third-order valence-electron chi connectivity index (χ3n) is 16.9. The number of hydrogen-bond acceptors (Lipinski definition) is 11. The molecule has 0 aromatic carbocycles. The van der Waals surface area contributed by atoms with Crippen molar-refractivity contribution in [2.75, 3.05) is 130 Å². The lowest BCUT2D eigenvalue weighted by Gasteiger charge is -2.34.